The lowest BCUT2D eigenvalue weighted by atomic mass is 9.69. The van der Waals surface area contributed by atoms with Crippen molar-refractivity contribution in [2.45, 2.75) is 70.3 Å². The van der Waals surface area contributed by atoms with Crippen molar-refractivity contribution in [3.05, 3.63) is 23.3 Å². The van der Waals surface area contributed by atoms with Gasteiger partial charge < -0.3 is 29.2 Å². The molecule has 1 aromatic carbocycles. The van der Waals surface area contributed by atoms with Crippen LogP contribution in [0.25, 0.3) is 0 Å². The smallest absolute Gasteiger partial charge is 0.408 e. The van der Waals surface area contributed by atoms with Gasteiger partial charge in [-0.2, -0.15) is 0 Å². The van der Waals surface area contributed by atoms with Gasteiger partial charge in [0.25, 0.3) is 0 Å². The van der Waals surface area contributed by atoms with Gasteiger partial charge in [0, 0.05) is 29.9 Å². The van der Waals surface area contributed by atoms with E-state index < -0.39 is 17.7 Å². The molecule has 1 fully saturated rings. The van der Waals surface area contributed by atoms with Gasteiger partial charge in [0.05, 0.1) is 7.11 Å². The Morgan fingerprint density at radius 1 is 1.31 bits per heavy atom. The minimum atomic E-state index is -0.634. The van der Waals surface area contributed by atoms with E-state index in [1.807, 2.05) is 6.07 Å². The molecule has 1 N–H and O–H groups in total. The van der Waals surface area contributed by atoms with Crippen molar-refractivity contribution in [1.29, 1.82) is 0 Å². The van der Waals surface area contributed by atoms with Gasteiger partial charge in [0.2, 0.25) is 0 Å². The second-order valence-electron chi connectivity index (χ2n) is 10.2. The zero-order valence-electron chi connectivity index (χ0n) is 19.8. The second kappa shape index (κ2) is 8.14. The lowest BCUT2D eigenvalue weighted by Gasteiger charge is -2.34. The molecule has 1 spiro atoms. The second-order valence-corrected chi connectivity index (χ2v) is 10.2. The van der Waals surface area contributed by atoms with Crippen LogP contribution in [0, 0.1) is 5.92 Å². The van der Waals surface area contributed by atoms with Crippen LogP contribution in [0.3, 0.4) is 0 Å². The summed E-state index contributed by atoms with van der Waals surface area (Å²) < 4.78 is 23.1. The topological polar surface area (TPSA) is 86.3 Å². The largest absolute Gasteiger partial charge is 0.493 e. The van der Waals surface area contributed by atoms with E-state index in [-0.39, 0.29) is 30.1 Å². The Hall–Kier alpha value is -2.48. The summed E-state index contributed by atoms with van der Waals surface area (Å²) in [6.45, 7) is 9.02. The Kier molecular flexibility index (Phi) is 5.77. The van der Waals surface area contributed by atoms with E-state index in [0.29, 0.717) is 6.42 Å². The number of alkyl carbamates (subject to hydrolysis) is 1. The molecule has 0 saturated heterocycles. The molecule has 2 heterocycles. The highest BCUT2D eigenvalue weighted by Crippen LogP contribution is 2.61. The van der Waals surface area contributed by atoms with Crippen LogP contribution in [-0.2, 0) is 26.2 Å². The van der Waals surface area contributed by atoms with Crippen LogP contribution in [0.4, 0.5) is 4.79 Å². The van der Waals surface area contributed by atoms with Crippen molar-refractivity contribution in [1.82, 2.24) is 10.2 Å². The molecule has 0 radical (unpaired) electrons. The fraction of sp³-hybridized carbons (Fsp3) is 0.667. The molecular formula is C24H34N2O6. The first kappa shape index (κ1) is 22.7. The SMILES string of the molecule is COc1ccc2c3c1O[C@H]1C[C@H](OC(=O)CNC(=O)OC(C)(C)C)C(C)[C@@]31CCN(C)C2. The highest BCUT2D eigenvalue weighted by atomic mass is 16.6. The number of nitrogens with zero attached hydrogens (tertiary/aromatic N) is 1. The molecule has 0 bridgehead atoms. The first-order chi connectivity index (χ1) is 15.0. The minimum absolute atomic E-state index is 0.0663. The average Bonchev–Trinajstić information content (AvgIpc) is 3.09. The summed E-state index contributed by atoms with van der Waals surface area (Å²) in [6.07, 6.45) is 0.534. The van der Waals surface area contributed by atoms with Crippen molar-refractivity contribution >= 4 is 12.1 Å². The maximum atomic E-state index is 12.5. The summed E-state index contributed by atoms with van der Waals surface area (Å²) in [4.78, 5) is 26.7. The number of hydrogen-bond acceptors (Lipinski definition) is 7. The third-order valence-corrected chi connectivity index (χ3v) is 6.95. The number of nitrogens with one attached hydrogen (secondary N) is 1. The fourth-order valence-corrected chi connectivity index (χ4v) is 5.54. The van der Waals surface area contributed by atoms with Crippen molar-refractivity contribution in [2.24, 2.45) is 5.92 Å². The van der Waals surface area contributed by atoms with Gasteiger partial charge in [-0.25, -0.2) is 4.79 Å². The van der Waals surface area contributed by atoms with Crippen LogP contribution in [-0.4, -0.2) is 62.0 Å². The first-order valence-electron chi connectivity index (χ1n) is 11.3. The van der Waals surface area contributed by atoms with E-state index >= 15 is 0 Å². The maximum Gasteiger partial charge on any atom is 0.408 e. The zero-order valence-corrected chi connectivity index (χ0v) is 19.8. The molecule has 1 aliphatic carbocycles. The predicted molar refractivity (Wildman–Crippen MR) is 118 cm³/mol. The van der Waals surface area contributed by atoms with E-state index in [4.69, 9.17) is 18.9 Å². The number of carbonyl (C=O) groups is 2. The molecule has 2 aliphatic heterocycles. The lowest BCUT2D eigenvalue weighted by molar-refractivity contribution is -0.150. The predicted octanol–water partition coefficient (Wildman–Crippen LogP) is 3.01. The van der Waals surface area contributed by atoms with Crippen LogP contribution < -0.4 is 14.8 Å². The molecule has 32 heavy (non-hydrogen) atoms. The van der Waals surface area contributed by atoms with Crippen molar-refractivity contribution in [3.63, 3.8) is 0 Å². The number of methoxy groups -OCH3 is 1. The summed E-state index contributed by atoms with van der Waals surface area (Å²) in [6, 6.07) is 4.11. The number of ether oxygens (including phenoxy) is 4. The van der Waals surface area contributed by atoms with Crippen molar-refractivity contribution in [3.8, 4) is 11.5 Å². The monoisotopic (exact) mass is 446 g/mol. The van der Waals surface area contributed by atoms with E-state index in [2.05, 4.69) is 30.3 Å². The summed E-state index contributed by atoms with van der Waals surface area (Å²) in [5, 5.41) is 2.48. The summed E-state index contributed by atoms with van der Waals surface area (Å²) in [5.41, 5.74) is 1.60. The molecule has 4 atom stereocenters. The van der Waals surface area contributed by atoms with Crippen LogP contribution in [0.5, 0.6) is 11.5 Å². The van der Waals surface area contributed by atoms with E-state index in [9.17, 15) is 9.59 Å². The zero-order chi connectivity index (χ0) is 23.3. The van der Waals surface area contributed by atoms with Gasteiger partial charge in [-0.3, -0.25) is 4.79 Å². The molecule has 1 amide bonds. The summed E-state index contributed by atoms with van der Waals surface area (Å²) >= 11 is 0. The quantitative estimate of drug-likeness (QED) is 0.712. The third kappa shape index (κ3) is 3.89. The number of hydrogen-bond donors (Lipinski definition) is 1. The standard InChI is InChI=1S/C24H34N2O6/c1-14-17(30-19(27)12-25-22(28)32-23(2,3)4)11-18-24(14)9-10-26(5)13-15-7-8-16(29-6)21(31-18)20(15)24/h7-8,14,17-18H,9-13H2,1-6H3,(H,25,28)/t14?,17-,18-,24+/m0/s1. The minimum Gasteiger partial charge on any atom is -0.493 e. The van der Waals surface area contributed by atoms with Gasteiger partial charge in [0.1, 0.15) is 24.4 Å². The number of carbonyl (C=O) groups excluding carboxylic acids is 2. The van der Waals surface area contributed by atoms with Crippen LogP contribution in [0.15, 0.2) is 12.1 Å². The number of amides is 1. The summed E-state index contributed by atoms with van der Waals surface area (Å²) in [7, 11) is 3.79. The molecule has 8 heteroatoms. The van der Waals surface area contributed by atoms with Crippen LogP contribution >= 0.6 is 0 Å². The van der Waals surface area contributed by atoms with E-state index in [0.717, 1.165) is 31.0 Å². The molecule has 1 unspecified atom stereocenters. The normalized spacial score (nSPS) is 28.8. The molecule has 4 rings (SSSR count). The Bertz CT molecular complexity index is 910. The van der Waals surface area contributed by atoms with Gasteiger partial charge in [-0.1, -0.05) is 13.0 Å². The molecule has 1 aromatic rings. The van der Waals surface area contributed by atoms with Gasteiger partial charge >= 0.3 is 12.1 Å². The first-order valence-corrected chi connectivity index (χ1v) is 11.3. The Morgan fingerprint density at radius 3 is 2.75 bits per heavy atom. The lowest BCUT2D eigenvalue weighted by Crippen LogP contribution is -2.41. The highest BCUT2D eigenvalue weighted by molar-refractivity contribution is 5.78. The van der Waals surface area contributed by atoms with E-state index in [1.54, 1.807) is 27.9 Å². The third-order valence-electron chi connectivity index (χ3n) is 6.95. The van der Waals surface area contributed by atoms with Gasteiger partial charge in [-0.05, 0) is 52.4 Å². The van der Waals surface area contributed by atoms with Gasteiger partial charge in [0.15, 0.2) is 11.5 Å². The van der Waals surface area contributed by atoms with Crippen LogP contribution in [0.1, 0.15) is 51.7 Å². The number of benzene rings is 1. The maximum absolute atomic E-state index is 12.5. The molecule has 3 aliphatic rings. The molecular weight excluding hydrogens is 412 g/mol. The highest BCUT2D eigenvalue weighted by Gasteiger charge is 2.62. The molecule has 176 valence electrons. The van der Waals surface area contributed by atoms with E-state index in [1.165, 1.54) is 11.1 Å². The van der Waals surface area contributed by atoms with Gasteiger partial charge in [-0.15, -0.1) is 0 Å². The van der Waals surface area contributed by atoms with Crippen molar-refractivity contribution in [2.75, 3.05) is 27.2 Å². The van der Waals surface area contributed by atoms with Crippen molar-refractivity contribution < 1.29 is 28.5 Å². The summed E-state index contributed by atoms with van der Waals surface area (Å²) in [5.74, 6) is 1.19. The fourth-order valence-electron chi connectivity index (χ4n) is 5.54. The number of rotatable bonds is 4. The Labute approximate surface area is 189 Å². The molecule has 8 nitrogen and oxygen atoms in total. The average molecular weight is 447 g/mol. The number of esters is 1. The Balaban J connectivity index is 1.51. The Morgan fingerprint density at radius 2 is 2.06 bits per heavy atom. The molecule has 1 saturated carbocycles. The molecule has 0 aromatic heterocycles. The van der Waals surface area contributed by atoms with Crippen LogP contribution in [0.2, 0.25) is 0 Å².